The number of carbonyl (C=O) groups excluding carboxylic acids is 3. The van der Waals surface area contributed by atoms with Crippen molar-refractivity contribution in [2.75, 3.05) is 17.3 Å². The van der Waals surface area contributed by atoms with Gasteiger partial charge in [0.1, 0.15) is 11.3 Å². The zero-order valence-electron chi connectivity index (χ0n) is 17.1. The number of carbonyl (C=O) groups is 3. The van der Waals surface area contributed by atoms with E-state index in [1.807, 2.05) is 6.92 Å². The molecular formula is C22H24N2O5. The standard InChI is InChI=1S/C22H24N2O5/c1-13-10-11-15(12-18(13)28-5)20(26)29-14(2)19(25)24-17-9-7-6-8-16(17)23-21(27)22(24,3)4/h6-12,14H,1-5H3,(H,23,27)/t14-/m1/s1. The molecule has 0 unspecified atom stereocenters. The van der Waals surface area contributed by atoms with Crippen LogP contribution in [-0.2, 0) is 14.3 Å². The first-order chi connectivity index (χ1) is 13.7. The molecule has 7 heteroatoms. The lowest BCUT2D eigenvalue weighted by Gasteiger charge is -2.42. The molecule has 152 valence electrons. The van der Waals surface area contributed by atoms with Gasteiger partial charge < -0.3 is 14.8 Å². The third-order valence-corrected chi connectivity index (χ3v) is 5.00. The number of ether oxygens (including phenoxy) is 2. The van der Waals surface area contributed by atoms with Crippen LogP contribution in [0.25, 0.3) is 0 Å². The predicted octanol–water partition coefficient (Wildman–Crippen LogP) is 3.31. The van der Waals surface area contributed by atoms with E-state index in [2.05, 4.69) is 5.32 Å². The summed E-state index contributed by atoms with van der Waals surface area (Å²) in [4.78, 5) is 39.7. The highest BCUT2D eigenvalue weighted by atomic mass is 16.5. The van der Waals surface area contributed by atoms with Crippen LogP contribution in [0.5, 0.6) is 5.75 Å². The fourth-order valence-electron chi connectivity index (χ4n) is 3.25. The van der Waals surface area contributed by atoms with Gasteiger partial charge in [0.25, 0.3) is 5.91 Å². The summed E-state index contributed by atoms with van der Waals surface area (Å²) in [5.41, 5.74) is 1.11. The minimum atomic E-state index is -1.14. The van der Waals surface area contributed by atoms with Crippen LogP contribution in [0, 0.1) is 6.92 Å². The summed E-state index contributed by atoms with van der Waals surface area (Å²) in [5.74, 6) is -0.881. The monoisotopic (exact) mass is 396 g/mol. The quantitative estimate of drug-likeness (QED) is 0.802. The second-order valence-corrected chi connectivity index (χ2v) is 7.44. The van der Waals surface area contributed by atoms with Crippen LogP contribution in [0.3, 0.4) is 0 Å². The Kier molecular flexibility index (Phi) is 5.33. The van der Waals surface area contributed by atoms with E-state index in [4.69, 9.17) is 9.47 Å². The van der Waals surface area contributed by atoms with Crippen LogP contribution in [0.15, 0.2) is 42.5 Å². The molecule has 2 amide bonds. The minimum Gasteiger partial charge on any atom is -0.496 e. The second kappa shape index (κ2) is 7.58. The lowest BCUT2D eigenvalue weighted by molar-refractivity contribution is -0.131. The number of rotatable bonds is 4. The SMILES string of the molecule is COc1cc(C(=O)O[C@H](C)C(=O)N2c3ccccc3NC(=O)C2(C)C)ccc1C. The molecule has 0 saturated heterocycles. The molecule has 0 fully saturated rings. The van der Waals surface area contributed by atoms with Gasteiger partial charge in [0, 0.05) is 0 Å². The number of amides is 2. The van der Waals surface area contributed by atoms with Crippen molar-refractivity contribution in [3.63, 3.8) is 0 Å². The van der Waals surface area contributed by atoms with Crippen LogP contribution in [0.2, 0.25) is 0 Å². The van der Waals surface area contributed by atoms with Crippen LogP contribution in [-0.4, -0.2) is 36.5 Å². The van der Waals surface area contributed by atoms with E-state index >= 15 is 0 Å². The first kappa shape index (κ1) is 20.4. The largest absolute Gasteiger partial charge is 0.496 e. The molecule has 1 aliphatic heterocycles. The van der Waals surface area contributed by atoms with Gasteiger partial charge in [0.2, 0.25) is 5.91 Å². The normalized spacial score (nSPS) is 15.8. The van der Waals surface area contributed by atoms with Crippen molar-refractivity contribution in [2.45, 2.75) is 39.3 Å². The Morgan fingerprint density at radius 2 is 1.83 bits per heavy atom. The maximum atomic E-state index is 13.2. The molecule has 3 rings (SSSR count). The van der Waals surface area contributed by atoms with Crippen molar-refractivity contribution < 1.29 is 23.9 Å². The fourth-order valence-corrected chi connectivity index (χ4v) is 3.25. The average Bonchev–Trinajstić information content (AvgIpc) is 2.68. The summed E-state index contributed by atoms with van der Waals surface area (Å²) in [5, 5.41) is 2.80. The molecule has 0 spiro atoms. The van der Waals surface area contributed by atoms with Crippen molar-refractivity contribution in [1.82, 2.24) is 0 Å². The zero-order chi connectivity index (χ0) is 21.3. The van der Waals surface area contributed by atoms with E-state index in [0.717, 1.165) is 5.56 Å². The van der Waals surface area contributed by atoms with Crippen molar-refractivity contribution in [3.8, 4) is 5.75 Å². The Morgan fingerprint density at radius 3 is 2.52 bits per heavy atom. The first-order valence-electron chi connectivity index (χ1n) is 9.27. The number of fused-ring (bicyclic) bond motifs is 1. The van der Waals surface area contributed by atoms with Gasteiger partial charge >= 0.3 is 5.97 Å². The number of aryl methyl sites for hydroxylation is 1. The van der Waals surface area contributed by atoms with Gasteiger partial charge in [-0.3, -0.25) is 14.5 Å². The number of hydrogen-bond acceptors (Lipinski definition) is 5. The lowest BCUT2D eigenvalue weighted by Crippen LogP contribution is -2.60. The van der Waals surface area contributed by atoms with Crippen LogP contribution in [0.1, 0.15) is 36.7 Å². The van der Waals surface area contributed by atoms with E-state index in [9.17, 15) is 14.4 Å². The smallest absolute Gasteiger partial charge is 0.339 e. The topological polar surface area (TPSA) is 84.9 Å². The van der Waals surface area contributed by atoms with E-state index in [1.165, 1.54) is 18.9 Å². The molecule has 2 aromatic rings. The number of nitrogens with zero attached hydrogens (tertiary/aromatic N) is 1. The molecule has 2 aromatic carbocycles. The maximum Gasteiger partial charge on any atom is 0.339 e. The van der Waals surface area contributed by atoms with Crippen LogP contribution in [0.4, 0.5) is 11.4 Å². The molecule has 1 heterocycles. The Labute approximate surface area is 169 Å². The van der Waals surface area contributed by atoms with Crippen molar-refractivity contribution in [2.24, 2.45) is 0 Å². The summed E-state index contributed by atoms with van der Waals surface area (Å²) in [6.45, 7) is 6.66. The minimum absolute atomic E-state index is 0.281. The number of esters is 1. The van der Waals surface area contributed by atoms with Crippen molar-refractivity contribution in [3.05, 3.63) is 53.6 Å². The number of nitrogens with one attached hydrogen (secondary N) is 1. The van der Waals surface area contributed by atoms with E-state index < -0.39 is 23.5 Å². The number of anilines is 2. The molecule has 0 aliphatic carbocycles. The highest BCUT2D eigenvalue weighted by molar-refractivity contribution is 6.15. The molecule has 0 aromatic heterocycles. The number of benzene rings is 2. The molecule has 1 aliphatic rings. The van der Waals surface area contributed by atoms with Crippen LogP contribution >= 0.6 is 0 Å². The van der Waals surface area contributed by atoms with Gasteiger partial charge in [-0.2, -0.15) is 0 Å². The maximum absolute atomic E-state index is 13.2. The number of hydrogen-bond donors (Lipinski definition) is 1. The van der Waals surface area contributed by atoms with Gasteiger partial charge in [-0.1, -0.05) is 18.2 Å². The summed E-state index contributed by atoms with van der Waals surface area (Å²) in [6, 6.07) is 12.0. The lowest BCUT2D eigenvalue weighted by atomic mass is 9.95. The third kappa shape index (κ3) is 3.68. The predicted molar refractivity (Wildman–Crippen MR) is 109 cm³/mol. The van der Waals surface area contributed by atoms with Crippen molar-refractivity contribution in [1.29, 1.82) is 0 Å². The molecule has 1 atom stereocenters. The highest BCUT2D eigenvalue weighted by Crippen LogP contribution is 2.37. The number of para-hydroxylation sites is 2. The van der Waals surface area contributed by atoms with E-state index in [1.54, 1.807) is 56.3 Å². The molecule has 29 heavy (non-hydrogen) atoms. The summed E-state index contributed by atoms with van der Waals surface area (Å²) in [6.07, 6.45) is -1.09. The fraction of sp³-hybridized carbons (Fsp3) is 0.318. The summed E-state index contributed by atoms with van der Waals surface area (Å²) >= 11 is 0. The molecule has 0 saturated carbocycles. The molecule has 1 N–H and O–H groups in total. The third-order valence-electron chi connectivity index (χ3n) is 5.00. The van der Waals surface area contributed by atoms with Crippen molar-refractivity contribution >= 4 is 29.2 Å². The molecule has 7 nitrogen and oxygen atoms in total. The van der Waals surface area contributed by atoms with E-state index in [-0.39, 0.29) is 11.5 Å². The molecule has 0 bridgehead atoms. The zero-order valence-corrected chi connectivity index (χ0v) is 17.1. The Bertz CT molecular complexity index is 983. The first-order valence-corrected chi connectivity index (χ1v) is 9.27. The van der Waals surface area contributed by atoms with Gasteiger partial charge in [-0.15, -0.1) is 0 Å². The van der Waals surface area contributed by atoms with Gasteiger partial charge in [-0.05, 0) is 57.5 Å². The van der Waals surface area contributed by atoms with E-state index in [0.29, 0.717) is 17.1 Å². The average molecular weight is 396 g/mol. The highest BCUT2D eigenvalue weighted by Gasteiger charge is 2.45. The Morgan fingerprint density at radius 1 is 1.14 bits per heavy atom. The van der Waals surface area contributed by atoms with Crippen LogP contribution < -0.4 is 15.0 Å². The van der Waals surface area contributed by atoms with Gasteiger partial charge in [0.05, 0.1) is 24.0 Å². The number of methoxy groups -OCH3 is 1. The molecular weight excluding hydrogens is 372 g/mol. The second-order valence-electron chi connectivity index (χ2n) is 7.44. The summed E-state index contributed by atoms with van der Waals surface area (Å²) in [7, 11) is 1.52. The Balaban J connectivity index is 1.86. The van der Waals surface area contributed by atoms with Gasteiger partial charge in [-0.25, -0.2) is 4.79 Å². The summed E-state index contributed by atoms with van der Waals surface area (Å²) < 4.78 is 10.7. The van der Waals surface area contributed by atoms with Gasteiger partial charge in [0.15, 0.2) is 6.10 Å². The molecule has 0 radical (unpaired) electrons. The Hall–Kier alpha value is -3.35.